The molecule has 0 saturated carbocycles. The molecule has 27 heteroatoms. The molecule has 26 N–H and O–H groups in total. The number of hydrogen-bond donors (Lipinski definition) is 26. The van der Waals surface area contributed by atoms with Gasteiger partial charge in [-0.1, -0.05) is 0 Å². The van der Waals surface area contributed by atoms with Crippen molar-refractivity contribution in [3.63, 3.8) is 0 Å². The van der Waals surface area contributed by atoms with Gasteiger partial charge in [-0.05, 0) is 0 Å². The molecule has 2 unspecified atom stereocenters. The van der Waals surface area contributed by atoms with Gasteiger partial charge < -0.3 is 137 Å². The second-order valence-corrected chi connectivity index (χ2v) is 15.3. The molecule has 0 amide bonds. The molecular formula is C42H28O27. The fourth-order valence-corrected chi connectivity index (χ4v) is 8.79. The van der Waals surface area contributed by atoms with E-state index < -0.39 is 238 Å². The van der Waals surface area contributed by atoms with Crippen molar-refractivity contribution in [1.29, 1.82) is 0 Å². The first kappa shape index (κ1) is 43.9. The number of phenols is 22. The zero-order valence-electron chi connectivity index (χ0n) is 33.2. The van der Waals surface area contributed by atoms with Gasteiger partial charge in [0.05, 0.1) is 21.7 Å². The Morgan fingerprint density at radius 3 is 0.884 bits per heavy atom. The fourth-order valence-electron chi connectivity index (χ4n) is 8.79. The molecule has 1 aliphatic rings. The van der Waals surface area contributed by atoms with Crippen LogP contribution in [0.2, 0.25) is 0 Å². The molecule has 0 spiro atoms. The highest BCUT2D eigenvalue weighted by Gasteiger charge is 2.45. The summed E-state index contributed by atoms with van der Waals surface area (Å²) in [6, 6.07) is 0. The van der Waals surface area contributed by atoms with Crippen LogP contribution in [-0.4, -0.2) is 145 Å². The zero-order chi connectivity index (χ0) is 51.0. The van der Waals surface area contributed by atoms with Crippen molar-refractivity contribution in [2.45, 2.75) is 12.2 Å². The van der Waals surface area contributed by atoms with Gasteiger partial charge in [0.25, 0.3) is 0 Å². The summed E-state index contributed by atoms with van der Waals surface area (Å²) < 4.78 is 5.55. The van der Waals surface area contributed by atoms with Gasteiger partial charge >= 0.3 is 0 Å². The molecule has 358 valence electrons. The second-order valence-electron chi connectivity index (χ2n) is 15.3. The average molecular weight is 965 g/mol. The number of benzene rings is 7. The molecule has 69 heavy (non-hydrogen) atoms. The van der Waals surface area contributed by atoms with Crippen LogP contribution in [0, 0.1) is 0 Å². The molecule has 9 rings (SSSR count). The summed E-state index contributed by atoms with van der Waals surface area (Å²) in [6.45, 7) is 0. The molecule has 0 aliphatic heterocycles. The van der Waals surface area contributed by atoms with Gasteiger partial charge in [-0.15, -0.1) is 0 Å². The summed E-state index contributed by atoms with van der Waals surface area (Å²) in [5.41, 5.74) is -10.5. The Hall–Kier alpha value is -10.3. The highest BCUT2D eigenvalue weighted by molar-refractivity contribution is 6.33. The lowest BCUT2D eigenvalue weighted by Crippen LogP contribution is -2.34. The van der Waals surface area contributed by atoms with E-state index in [1.54, 1.807) is 0 Å². The second kappa shape index (κ2) is 13.6. The van der Waals surface area contributed by atoms with Crippen LogP contribution < -0.4 is 0 Å². The van der Waals surface area contributed by atoms with Gasteiger partial charge in [0.15, 0.2) is 80.2 Å². The zero-order valence-corrected chi connectivity index (χ0v) is 33.2. The van der Waals surface area contributed by atoms with E-state index in [0.717, 1.165) is 0 Å². The lowest BCUT2D eigenvalue weighted by atomic mass is 9.77. The van der Waals surface area contributed by atoms with Crippen molar-refractivity contribution in [2.24, 2.45) is 0 Å². The summed E-state index contributed by atoms with van der Waals surface area (Å²) in [4.78, 5) is 0. The van der Waals surface area contributed by atoms with Gasteiger partial charge in [-0.25, -0.2) is 0 Å². The Kier molecular flexibility index (Phi) is 8.68. The first-order chi connectivity index (χ1) is 32.2. The first-order valence-electron chi connectivity index (χ1n) is 18.7. The normalized spacial score (nSPS) is 15.5. The van der Waals surface area contributed by atoms with E-state index in [-0.39, 0.29) is 0 Å². The Labute approximate surface area is 374 Å². The summed E-state index contributed by atoms with van der Waals surface area (Å²) in [5, 5.41) is 279. The summed E-state index contributed by atoms with van der Waals surface area (Å²) in [5.74, 6) is -39.1. The Morgan fingerprint density at radius 2 is 0.478 bits per heavy atom. The Balaban J connectivity index is 1.60. The number of aromatic hydroxyl groups is 22. The SMILES string of the molecule is OC1=C(c2c(O)c(O)c(O)c(O)c2O)C(O)C(O)C(c2c3c(O)c(O)c(O)c(O)c3c(-c3c(O)c(O)c(O)c4oc5c(O)c6c(O)c(O)c(O)c(O)c6c(O)c5c34)c3c(O)c(O)c(O)c(O)c23)=C1O. The molecule has 7 aromatic carbocycles. The molecule has 0 fully saturated rings. The van der Waals surface area contributed by atoms with Crippen molar-refractivity contribution >= 4 is 65.4 Å². The van der Waals surface area contributed by atoms with Crippen LogP contribution in [0.15, 0.2) is 15.9 Å². The minimum atomic E-state index is -2.97. The van der Waals surface area contributed by atoms with Crippen molar-refractivity contribution in [3.05, 3.63) is 22.6 Å². The maximum absolute atomic E-state index is 11.8. The van der Waals surface area contributed by atoms with Crippen LogP contribution in [0.4, 0.5) is 0 Å². The topological polar surface area (TPSA) is 539 Å². The van der Waals surface area contributed by atoms with Gasteiger partial charge in [-0.2, -0.15) is 0 Å². The van der Waals surface area contributed by atoms with E-state index in [1.807, 2.05) is 0 Å². The van der Waals surface area contributed by atoms with Crippen molar-refractivity contribution in [1.82, 2.24) is 0 Å². The number of furan rings is 1. The Morgan fingerprint density at radius 1 is 0.203 bits per heavy atom. The maximum atomic E-state index is 11.8. The molecule has 27 nitrogen and oxygen atoms in total. The maximum Gasteiger partial charge on any atom is 0.208 e. The van der Waals surface area contributed by atoms with Gasteiger partial charge in [0, 0.05) is 54.8 Å². The monoisotopic (exact) mass is 964 g/mol. The molecule has 2 atom stereocenters. The first-order valence-corrected chi connectivity index (χ1v) is 18.7. The number of hydrogen-bond acceptors (Lipinski definition) is 27. The minimum Gasteiger partial charge on any atom is -0.506 e. The predicted molar refractivity (Wildman–Crippen MR) is 226 cm³/mol. The van der Waals surface area contributed by atoms with Crippen LogP contribution in [-0.2, 0) is 0 Å². The standard InChI is InChI=1S/C42H28O27/c43-15-10-13(28(56)35(63)34(62)25(10)53)29(57)42-14(15)8-7(20(48)38(66)40(68)41(8)69-42)1-3-5(18(46)32(60)30(58)16(3)44)2(6-4(1)17(45)31(59)33(61)19(6)47)9-21(49)23(51)11(24(52)22(9)50)12-26(54)36(64)39(67)37(65)27(12)55/h21,23,43-68H. The summed E-state index contributed by atoms with van der Waals surface area (Å²) in [7, 11) is 0. The number of aliphatic hydroxyl groups is 4. The third kappa shape index (κ3) is 4.98. The summed E-state index contributed by atoms with van der Waals surface area (Å²) in [6.07, 6.45) is -5.87. The van der Waals surface area contributed by atoms with E-state index >= 15 is 0 Å². The van der Waals surface area contributed by atoms with Crippen molar-refractivity contribution in [2.75, 3.05) is 0 Å². The number of phenolic OH excluding ortho intramolecular Hbond substituents is 22. The number of rotatable bonds is 3. The highest BCUT2D eigenvalue weighted by atomic mass is 16.4. The van der Waals surface area contributed by atoms with Crippen LogP contribution in [0.25, 0.3) is 76.5 Å². The van der Waals surface area contributed by atoms with Gasteiger partial charge in [0.1, 0.15) is 18.0 Å². The fraction of sp³-hybridized carbons (Fsp3) is 0.0476. The quantitative estimate of drug-likeness (QED) is 0.0686. The van der Waals surface area contributed by atoms with Crippen molar-refractivity contribution in [3.8, 4) is 138 Å². The number of fused-ring (bicyclic) bond motifs is 6. The van der Waals surface area contributed by atoms with Crippen LogP contribution >= 0.6 is 0 Å². The van der Waals surface area contributed by atoms with Crippen molar-refractivity contribution < 1.29 is 137 Å². The molecule has 8 aromatic rings. The van der Waals surface area contributed by atoms with Crippen LogP contribution in [0.3, 0.4) is 0 Å². The molecule has 0 bridgehead atoms. The highest BCUT2D eigenvalue weighted by Crippen LogP contribution is 2.67. The molecular weight excluding hydrogens is 936 g/mol. The van der Waals surface area contributed by atoms with Crippen LogP contribution in [0.1, 0.15) is 11.1 Å². The Bertz CT molecular complexity index is 3750. The smallest absolute Gasteiger partial charge is 0.208 e. The lowest BCUT2D eigenvalue weighted by Gasteiger charge is -2.32. The average Bonchev–Trinajstić information content (AvgIpc) is 3.73. The third-order valence-corrected chi connectivity index (χ3v) is 12.0. The minimum absolute atomic E-state index is 1.06. The van der Waals surface area contributed by atoms with E-state index in [0.29, 0.717) is 0 Å². The van der Waals surface area contributed by atoms with Crippen LogP contribution in [0.5, 0.6) is 126 Å². The van der Waals surface area contributed by atoms with E-state index in [4.69, 9.17) is 4.42 Å². The summed E-state index contributed by atoms with van der Waals surface area (Å²) >= 11 is 0. The lowest BCUT2D eigenvalue weighted by molar-refractivity contribution is 0.0853. The van der Waals surface area contributed by atoms with E-state index in [9.17, 15) is 133 Å². The molecule has 0 radical (unpaired) electrons. The largest absolute Gasteiger partial charge is 0.506 e. The molecule has 1 aliphatic carbocycles. The predicted octanol–water partition coefficient (Wildman–Crippen LogP) is 3.21. The third-order valence-electron chi connectivity index (χ3n) is 12.0. The molecule has 1 aromatic heterocycles. The number of aliphatic hydroxyl groups excluding tert-OH is 4. The van der Waals surface area contributed by atoms with E-state index in [2.05, 4.69) is 0 Å². The van der Waals surface area contributed by atoms with E-state index in [1.165, 1.54) is 0 Å². The molecule has 0 saturated heterocycles. The van der Waals surface area contributed by atoms with Gasteiger partial charge in [-0.3, -0.25) is 0 Å². The van der Waals surface area contributed by atoms with Gasteiger partial charge in [0.2, 0.25) is 63.2 Å². The molecule has 1 heterocycles.